The van der Waals surface area contributed by atoms with Crippen LogP contribution < -0.4 is 4.74 Å². The molecule has 0 spiro atoms. The maximum Gasteiger partial charge on any atom is 0.337 e. The van der Waals surface area contributed by atoms with Crippen LogP contribution in [-0.4, -0.2) is 32.2 Å². The number of thioether (sulfide) groups is 2. The van der Waals surface area contributed by atoms with E-state index in [0.717, 1.165) is 29.9 Å². The summed E-state index contributed by atoms with van der Waals surface area (Å²) in [7, 11) is 1.38. The molecular weight excluding hydrogens is 376 g/mol. The molecule has 1 aliphatic rings. The number of esters is 1. The van der Waals surface area contributed by atoms with Gasteiger partial charge in [-0.3, -0.25) is 0 Å². The van der Waals surface area contributed by atoms with Gasteiger partial charge in [0.1, 0.15) is 5.75 Å². The summed E-state index contributed by atoms with van der Waals surface area (Å²) in [4.78, 5) is 11.5. The molecule has 2 aromatic rings. The second kappa shape index (κ2) is 8.77. The van der Waals surface area contributed by atoms with Crippen LogP contribution in [0.1, 0.15) is 33.5 Å². The fourth-order valence-corrected chi connectivity index (χ4v) is 5.18. The molecule has 0 saturated carbocycles. The van der Waals surface area contributed by atoms with E-state index < -0.39 is 0 Å². The van der Waals surface area contributed by atoms with Gasteiger partial charge in [-0.25, -0.2) is 4.79 Å². The van der Waals surface area contributed by atoms with E-state index in [1.165, 1.54) is 12.7 Å². The Morgan fingerprint density at radius 1 is 1.19 bits per heavy atom. The fourth-order valence-electron chi connectivity index (χ4n) is 3.17. The van der Waals surface area contributed by atoms with Gasteiger partial charge in [0.2, 0.25) is 0 Å². The van der Waals surface area contributed by atoms with Gasteiger partial charge < -0.3 is 9.47 Å². The Hall–Kier alpha value is -2.03. The van der Waals surface area contributed by atoms with Gasteiger partial charge in [-0.1, -0.05) is 30.0 Å². The predicted molar refractivity (Wildman–Crippen MR) is 114 cm³/mol. The van der Waals surface area contributed by atoms with Crippen molar-refractivity contribution in [1.82, 2.24) is 0 Å². The van der Waals surface area contributed by atoms with Crippen molar-refractivity contribution in [2.24, 2.45) is 0 Å². The first-order valence-corrected chi connectivity index (χ1v) is 11.1. The van der Waals surface area contributed by atoms with E-state index in [4.69, 9.17) is 9.47 Å². The highest BCUT2D eigenvalue weighted by atomic mass is 32.2. The molecule has 0 unspecified atom stereocenters. The Balaban J connectivity index is 1.80. The highest BCUT2D eigenvalue weighted by molar-refractivity contribution is 8.16. The third kappa shape index (κ3) is 4.12. The van der Waals surface area contributed by atoms with Crippen LogP contribution >= 0.6 is 23.5 Å². The van der Waals surface area contributed by atoms with E-state index in [0.29, 0.717) is 12.0 Å². The zero-order chi connectivity index (χ0) is 19.3. The van der Waals surface area contributed by atoms with E-state index in [-0.39, 0.29) is 10.0 Å². The summed E-state index contributed by atoms with van der Waals surface area (Å²) in [6, 6.07) is 13.5. The first kappa shape index (κ1) is 19.7. The normalized spacial score (nSPS) is 14.3. The molecular formula is C22H22O3S2. The highest BCUT2D eigenvalue weighted by Crippen LogP contribution is 2.53. The molecule has 1 aliphatic heterocycles. The number of carbonyl (C=O) groups excluding carboxylic acids is 1. The van der Waals surface area contributed by atoms with Crippen molar-refractivity contribution in [3.63, 3.8) is 0 Å². The smallest absolute Gasteiger partial charge is 0.337 e. The lowest BCUT2D eigenvalue weighted by molar-refractivity contribution is 0.0600. The monoisotopic (exact) mass is 398 g/mol. The molecule has 0 saturated heterocycles. The maximum absolute atomic E-state index is 11.5. The first-order chi connectivity index (χ1) is 13.1. The molecule has 0 N–H and O–H groups in total. The molecule has 3 rings (SSSR count). The molecule has 5 heteroatoms. The Labute approximate surface area is 169 Å². The number of carbonyl (C=O) groups is 1. The number of methoxy groups -OCH3 is 1. The summed E-state index contributed by atoms with van der Waals surface area (Å²) in [5.74, 6) is 7.05. The molecule has 0 bridgehead atoms. The minimum absolute atomic E-state index is 0.0563. The molecule has 140 valence electrons. The lowest BCUT2D eigenvalue weighted by atomic mass is 9.99. The van der Waals surface area contributed by atoms with Crippen molar-refractivity contribution >= 4 is 29.5 Å². The molecule has 1 heterocycles. The maximum atomic E-state index is 11.5. The molecule has 3 nitrogen and oxygen atoms in total. The lowest BCUT2D eigenvalue weighted by Crippen LogP contribution is -2.27. The van der Waals surface area contributed by atoms with Crippen LogP contribution in [0.2, 0.25) is 0 Å². The number of rotatable bonds is 4. The van der Waals surface area contributed by atoms with Crippen molar-refractivity contribution in [1.29, 1.82) is 0 Å². The quantitative estimate of drug-likeness (QED) is 0.423. The Bertz CT molecular complexity index is 875. The highest BCUT2D eigenvalue weighted by Gasteiger charge is 2.37. The second-order valence-corrected chi connectivity index (χ2v) is 8.57. The number of hydrogen-bond acceptors (Lipinski definition) is 5. The van der Waals surface area contributed by atoms with Crippen LogP contribution in [0.3, 0.4) is 0 Å². The standard InChI is InChI=1S/C22H22O3S2/c1-24-21(23)18-12-10-16(11-13-18)6-4-7-17-8-5-9-19-20(17)25-15-14-22(19,26-2)27-3/h5,8-13H,7,14-15H2,1-3H3. The van der Waals surface area contributed by atoms with Crippen LogP contribution in [-0.2, 0) is 15.2 Å². The summed E-state index contributed by atoms with van der Waals surface area (Å²) in [6.45, 7) is 0.730. The zero-order valence-corrected chi connectivity index (χ0v) is 17.3. The van der Waals surface area contributed by atoms with Gasteiger partial charge in [-0.2, -0.15) is 0 Å². The fraction of sp³-hybridized carbons (Fsp3) is 0.318. The largest absolute Gasteiger partial charge is 0.493 e. The van der Waals surface area contributed by atoms with Gasteiger partial charge in [0.15, 0.2) is 0 Å². The van der Waals surface area contributed by atoms with Gasteiger partial charge in [-0.15, -0.1) is 23.5 Å². The number of benzene rings is 2. The first-order valence-electron chi connectivity index (χ1n) is 8.66. The summed E-state index contributed by atoms with van der Waals surface area (Å²) >= 11 is 3.76. The Kier molecular flexibility index (Phi) is 6.41. The van der Waals surface area contributed by atoms with E-state index in [1.54, 1.807) is 12.1 Å². The lowest BCUT2D eigenvalue weighted by Gasteiger charge is -2.36. The third-order valence-corrected chi connectivity index (χ3v) is 7.83. The summed E-state index contributed by atoms with van der Waals surface area (Å²) in [6.07, 6.45) is 5.96. The topological polar surface area (TPSA) is 35.5 Å². The van der Waals surface area contributed by atoms with Gasteiger partial charge in [0.05, 0.1) is 23.4 Å². The van der Waals surface area contributed by atoms with Gasteiger partial charge in [-0.05, 0) is 36.8 Å². The summed E-state index contributed by atoms with van der Waals surface area (Å²) in [5.41, 5.74) is 3.78. The molecule has 0 aromatic heterocycles. The SMILES string of the molecule is COC(=O)c1ccc(C#CCc2cccc3c2OCCC3(SC)SC)cc1. The molecule has 0 aliphatic carbocycles. The van der Waals surface area contributed by atoms with Crippen LogP contribution in [0.4, 0.5) is 0 Å². The van der Waals surface area contributed by atoms with Crippen molar-refractivity contribution in [2.75, 3.05) is 26.2 Å². The van der Waals surface area contributed by atoms with Crippen molar-refractivity contribution in [3.8, 4) is 17.6 Å². The average Bonchev–Trinajstić information content (AvgIpc) is 2.73. The van der Waals surface area contributed by atoms with Crippen LogP contribution in [0.15, 0.2) is 42.5 Å². The number of para-hydroxylation sites is 1. The van der Waals surface area contributed by atoms with E-state index in [9.17, 15) is 4.79 Å². The second-order valence-electron chi connectivity index (χ2n) is 6.10. The molecule has 0 fully saturated rings. The summed E-state index contributed by atoms with van der Waals surface area (Å²) < 4.78 is 10.8. The average molecular weight is 399 g/mol. The third-order valence-electron chi connectivity index (χ3n) is 4.66. The molecule has 0 amide bonds. The van der Waals surface area contributed by atoms with Crippen molar-refractivity contribution in [3.05, 3.63) is 64.7 Å². The van der Waals surface area contributed by atoms with Gasteiger partial charge in [0.25, 0.3) is 0 Å². The van der Waals surface area contributed by atoms with Crippen LogP contribution in [0.5, 0.6) is 5.75 Å². The van der Waals surface area contributed by atoms with Gasteiger partial charge >= 0.3 is 5.97 Å². The molecule has 27 heavy (non-hydrogen) atoms. The predicted octanol–water partition coefficient (Wildman–Crippen LogP) is 4.73. The molecule has 0 radical (unpaired) electrons. The number of ether oxygens (including phenoxy) is 2. The summed E-state index contributed by atoms with van der Waals surface area (Å²) in [5, 5.41) is 0. The molecule has 2 aromatic carbocycles. The van der Waals surface area contributed by atoms with E-state index in [2.05, 4.69) is 42.6 Å². The number of fused-ring (bicyclic) bond motifs is 1. The van der Waals surface area contributed by atoms with E-state index in [1.807, 2.05) is 35.7 Å². The van der Waals surface area contributed by atoms with E-state index >= 15 is 0 Å². The minimum Gasteiger partial charge on any atom is -0.493 e. The Morgan fingerprint density at radius 2 is 1.93 bits per heavy atom. The minimum atomic E-state index is -0.339. The number of hydrogen-bond donors (Lipinski definition) is 0. The van der Waals surface area contributed by atoms with Gasteiger partial charge in [0, 0.05) is 29.5 Å². The van der Waals surface area contributed by atoms with Crippen molar-refractivity contribution < 1.29 is 14.3 Å². The Morgan fingerprint density at radius 3 is 2.59 bits per heavy atom. The zero-order valence-electron chi connectivity index (χ0n) is 15.7. The van der Waals surface area contributed by atoms with Crippen LogP contribution in [0.25, 0.3) is 0 Å². The van der Waals surface area contributed by atoms with Crippen molar-refractivity contribution in [2.45, 2.75) is 16.9 Å². The molecule has 0 atom stereocenters. The van der Waals surface area contributed by atoms with Crippen LogP contribution in [0, 0.1) is 11.8 Å².